The van der Waals surface area contributed by atoms with Crippen LogP contribution in [-0.4, -0.2) is 53.2 Å². The molecule has 108 valence electrons. The van der Waals surface area contributed by atoms with Gasteiger partial charge in [0, 0.05) is 26.3 Å². The Labute approximate surface area is 115 Å². The molecule has 0 aliphatic carbocycles. The first kappa shape index (κ1) is 13.3. The smallest absolute Gasteiger partial charge is 0.350 e. The van der Waals surface area contributed by atoms with Crippen LogP contribution in [0, 0.1) is 0 Å². The van der Waals surface area contributed by atoms with Crippen LogP contribution < -0.4 is 5.69 Å². The van der Waals surface area contributed by atoms with E-state index in [0.717, 1.165) is 0 Å². The van der Waals surface area contributed by atoms with Crippen LogP contribution in [0.25, 0.3) is 5.65 Å². The number of hydrogen-bond donors (Lipinski definition) is 0. The first-order valence-corrected chi connectivity index (χ1v) is 7.57. The van der Waals surface area contributed by atoms with Gasteiger partial charge in [-0.2, -0.15) is 9.40 Å². The first-order valence-electron chi connectivity index (χ1n) is 6.13. The molecule has 2 aromatic rings. The molecule has 20 heavy (non-hydrogen) atoms. The van der Waals surface area contributed by atoms with Crippen molar-refractivity contribution >= 4 is 15.7 Å². The molecule has 9 heteroatoms. The average molecular weight is 298 g/mol. The van der Waals surface area contributed by atoms with Crippen LogP contribution in [0.3, 0.4) is 0 Å². The number of hydrogen-bond acceptors (Lipinski definition) is 5. The van der Waals surface area contributed by atoms with E-state index in [1.807, 2.05) is 0 Å². The molecular formula is C11H14N4O4S. The molecule has 1 aliphatic rings. The summed E-state index contributed by atoms with van der Waals surface area (Å²) in [6.07, 6.45) is 1.31. The van der Waals surface area contributed by atoms with Gasteiger partial charge in [0.25, 0.3) is 0 Å². The van der Waals surface area contributed by atoms with Gasteiger partial charge < -0.3 is 4.74 Å². The number of aromatic nitrogens is 3. The molecule has 0 radical (unpaired) electrons. The van der Waals surface area contributed by atoms with E-state index in [1.165, 1.54) is 38.8 Å². The summed E-state index contributed by atoms with van der Waals surface area (Å²) in [6, 6.07) is 2.99. The maximum Gasteiger partial charge on any atom is 0.350 e. The minimum Gasteiger partial charge on any atom is -0.379 e. The Kier molecular flexibility index (Phi) is 3.11. The number of aryl methyl sites for hydroxylation is 1. The second-order valence-electron chi connectivity index (χ2n) is 4.52. The molecule has 2 aromatic heterocycles. The van der Waals surface area contributed by atoms with Crippen LogP contribution in [0.1, 0.15) is 0 Å². The van der Waals surface area contributed by atoms with E-state index >= 15 is 0 Å². The Morgan fingerprint density at radius 3 is 2.65 bits per heavy atom. The molecule has 0 saturated carbocycles. The molecule has 0 aromatic carbocycles. The lowest BCUT2D eigenvalue weighted by Crippen LogP contribution is -2.40. The van der Waals surface area contributed by atoms with Gasteiger partial charge in [-0.1, -0.05) is 0 Å². The van der Waals surface area contributed by atoms with E-state index in [1.54, 1.807) is 0 Å². The van der Waals surface area contributed by atoms with E-state index in [0.29, 0.717) is 32.0 Å². The van der Waals surface area contributed by atoms with Gasteiger partial charge in [0.2, 0.25) is 10.0 Å². The predicted molar refractivity (Wildman–Crippen MR) is 70.0 cm³/mol. The number of ether oxygens (including phenoxy) is 1. The summed E-state index contributed by atoms with van der Waals surface area (Å²) in [4.78, 5) is 11.9. The number of morpholine rings is 1. The summed E-state index contributed by atoms with van der Waals surface area (Å²) in [6.45, 7) is 1.41. The molecule has 8 nitrogen and oxygen atoms in total. The molecule has 0 bridgehead atoms. The molecule has 1 aliphatic heterocycles. The van der Waals surface area contributed by atoms with Gasteiger partial charge in [0.1, 0.15) is 0 Å². The van der Waals surface area contributed by atoms with Crippen molar-refractivity contribution in [2.24, 2.45) is 7.05 Å². The molecule has 0 spiro atoms. The van der Waals surface area contributed by atoms with Crippen molar-refractivity contribution in [3.05, 3.63) is 28.8 Å². The molecule has 1 saturated heterocycles. The normalized spacial score (nSPS) is 17.6. The molecule has 3 rings (SSSR count). The van der Waals surface area contributed by atoms with E-state index in [4.69, 9.17) is 4.74 Å². The highest BCUT2D eigenvalue weighted by molar-refractivity contribution is 7.89. The standard InChI is InChI=1S/C11H14N4O4S/c1-13-11(16)15-8-9(2-3-10(15)12-13)20(17,18)14-4-6-19-7-5-14/h2-3,8H,4-7H2,1H3. The van der Waals surface area contributed by atoms with Crippen LogP contribution in [0.2, 0.25) is 0 Å². The van der Waals surface area contributed by atoms with Crippen LogP contribution in [0.5, 0.6) is 0 Å². The van der Waals surface area contributed by atoms with E-state index in [9.17, 15) is 13.2 Å². The second-order valence-corrected chi connectivity index (χ2v) is 6.45. The maximum atomic E-state index is 12.5. The number of rotatable bonds is 2. The molecule has 0 atom stereocenters. The van der Waals surface area contributed by atoms with Crippen molar-refractivity contribution in [1.29, 1.82) is 0 Å². The fourth-order valence-electron chi connectivity index (χ4n) is 2.15. The SMILES string of the molecule is Cn1nc2ccc(S(=O)(=O)N3CCOCC3)cn2c1=O. The molecule has 0 N–H and O–H groups in total. The third-order valence-corrected chi connectivity index (χ3v) is 5.13. The quantitative estimate of drug-likeness (QED) is 0.714. The van der Waals surface area contributed by atoms with Gasteiger partial charge in [-0.25, -0.2) is 22.3 Å². The van der Waals surface area contributed by atoms with Gasteiger partial charge in [-0.05, 0) is 12.1 Å². The summed E-state index contributed by atoms with van der Waals surface area (Å²) >= 11 is 0. The number of sulfonamides is 1. The summed E-state index contributed by atoms with van der Waals surface area (Å²) < 4.78 is 33.9. The lowest BCUT2D eigenvalue weighted by molar-refractivity contribution is 0.0730. The van der Waals surface area contributed by atoms with Crippen molar-refractivity contribution in [3.8, 4) is 0 Å². The number of pyridine rings is 1. The largest absolute Gasteiger partial charge is 0.379 e. The van der Waals surface area contributed by atoms with Crippen molar-refractivity contribution < 1.29 is 13.2 Å². The van der Waals surface area contributed by atoms with Crippen molar-refractivity contribution in [2.45, 2.75) is 4.90 Å². The van der Waals surface area contributed by atoms with Gasteiger partial charge in [0.15, 0.2) is 5.65 Å². The number of fused-ring (bicyclic) bond motifs is 1. The fraction of sp³-hybridized carbons (Fsp3) is 0.455. The summed E-state index contributed by atoms with van der Waals surface area (Å²) in [7, 11) is -2.09. The molecule has 1 fully saturated rings. The first-order chi connectivity index (χ1) is 9.50. The van der Waals surface area contributed by atoms with Gasteiger partial charge in [-0.15, -0.1) is 0 Å². The minimum absolute atomic E-state index is 0.0852. The Hall–Kier alpha value is -1.71. The fourth-order valence-corrected chi connectivity index (χ4v) is 3.56. The highest BCUT2D eigenvalue weighted by Crippen LogP contribution is 2.16. The van der Waals surface area contributed by atoms with Gasteiger partial charge in [0.05, 0.1) is 18.1 Å². The van der Waals surface area contributed by atoms with Gasteiger partial charge >= 0.3 is 5.69 Å². The second kappa shape index (κ2) is 4.69. The molecule has 0 unspecified atom stereocenters. The lowest BCUT2D eigenvalue weighted by Gasteiger charge is -2.25. The number of nitrogens with zero attached hydrogens (tertiary/aromatic N) is 4. The molecule has 3 heterocycles. The van der Waals surface area contributed by atoms with Crippen molar-refractivity contribution in [2.75, 3.05) is 26.3 Å². The third kappa shape index (κ3) is 2.03. The Morgan fingerprint density at radius 2 is 1.95 bits per heavy atom. The highest BCUT2D eigenvalue weighted by Gasteiger charge is 2.26. The third-order valence-electron chi connectivity index (χ3n) is 3.24. The van der Waals surface area contributed by atoms with E-state index in [2.05, 4.69) is 5.10 Å². The van der Waals surface area contributed by atoms with Crippen LogP contribution >= 0.6 is 0 Å². The zero-order valence-corrected chi connectivity index (χ0v) is 11.7. The Morgan fingerprint density at radius 1 is 1.25 bits per heavy atom. The molecule has 0 amide bonds. The zero-order chi connectivity index (χ0) is 14.3. The van der Waals surface area contributed by atoms with Crippen LogP contribution in [-0.2, 0) is 21.8 Å². The lowest BCUT2D eigenvalue weighted by atomic mass is 10.5. The monoisotopic (exact) mass is 298 g/mol. The maximum absolute atomic E-state index is 12.5. The summed E-state index contributed by atoms with van der Waals surface area (Å²) in [5.74, 6) is 0. The van der Waals surface area contributed by atoms with E-state index in [-0.39, 0.29) is 10.6 Å². The minimum atomic E-state index is -3.60. The molecular weight excluding hydrogens is 284 g/mol. The van der Waals surface area contributed by atoms with Crippen LogP contribution in [0.15, 0.2) is 28.0 Å². The van der Waals surface area contributed by atoms with Gasteiger partial charge in [-0.3, -0.25) is 0 Å². The topological polar surface area (TPSA) is 85.9 Å². The van der Waals surface area contributed by atoms with Crippen molar-refractivity contribution in [3.63, 3.8) is 0 Å². The Bertz CT molecular complexity index is 801. The van der Waals surface area contributed by atoms with E-state index < -0.39 is 10.0 Å². The zero-order valence-electron chi connectivity index (χ0n) is 10.9. The van der Waals surface area contributed by atoms with Crippen LogP contribution in [0.4, 0.5) is 0 Å². The Balaban J connectivity index is 2.09. The predicted octanol–water partition coefficient (Wildman–Crippen LogP) is -0.946. The summed E-state index contributed by atoms with van der Waals surface area (Å²) in [5.41, 5.74) is 0.0393. The summed E-state index contributed by atoms with van der Waals surface area (Å²) in [5, 5.41) is 3.99. The highest BCUT2D eigenvalue weighted by atomic mass is 32.2. The van der Waals surface area contributed by atoms with Crippen molar-refractivity contribution in [1.82, 2.24) is 18.5 Å². The average Bonchev–Trinajstić information content (AvgIpc) is 2.75.